The second-order valence-electron chi connectivity index (χ2n) is 4.91. The van der Waals surface area contributed by atoms with E-state index in [1.165, 1.54) is 0 Å². The topological polar surface area (TPSA) is 80.9 Å². The van der Waals surface area contributed by atoms with Crippen molar-refractivity contribution in [2.45, 2.75) is 12.1 Å². The molecule has 0 aliphatic heterocycles. The molecule has 1 N–H and O–H groups in total. The summed E-state index contributed by atoms with van der Waals surface area (Å²) in [6, 6.07) is 10.8. The Hall–Kier alpha value is -2.38. The van der Waals surface area contributed by atoms with Crippen molar-refractivity contribution >= 4 is 35.0 Å². The summed E-state index contributed by atoms with van der Waals surface area (Å²) in [7, 11) is 0. The van der Waals surface area contributed by atoms with Crippen molar-refractivity contribution in [3.63, 3.8) is 0 Å². The zero-order valence-corrected chi connectivity index (χ0v) is 14.3. The molecule has 3 aromatic rings. The number of amides is 1. The summed E-state index contributed by atoms with van der Waals surface area (Å²) in [5.41, 5.74) is 2.19. The first kappa shape index (κ1) is 16.5. The van der Waals surface area contributed by atoms with Crippen molar-refractivity contribution in [3.8, 4) is 11.6 Å². The van der Waals surface area contributed by atoms with Gasteiger partial charge in [0.25, 0.3) is 11.1 Å². The van der Waals surface area contributed by atoms with Gasteiger partial charge in [0, 0.05) is 6.20 Å². The molecule has 0 unspecified atom stereocenters. The van der Waals surface area contributed by atoms with Crippen molar-refractivity contribution in [1.29, 1.82) is 0 Å². The number of pyridine rings is 1. The molecule has 122 valence electrons. The van der Waals surface area contributed by atoms with Gasteiger partial charge in [0.15, 0.2) is 0 Å². The lowest BCUT2D eigenvalue weighted by Gasteiger charge is -2.06. The number of halogens is 1. The second kappa shape index (κ2) is 7.46. The van der Waals surface area contributed by atoms with Gasteiger partial charge in [-0.15, -0.1) is 10.2 Å². The van der Waals surface area contributed by atoms with E-state index in [4.69, 9.17) is 16.0 Å². The predicted molar refractivity (Wildman–Crippen MR) is 93.1 cm³/mol. The average Bonchev–Trinajstić information content (AvgIpc) is 3.05. The fourth-order valence-electron chi connectivity index (χ4n) is 1.90. The van der Waals surface area contributed by atoms with E-state index in [9.17, 15) is 4.79 Å². The Balaban J connectivity index is 1.58. The molecule has 0 saturated carbocycles. The quantitative estimate of drug-likeness (QED) is 0.696. The fraction of sp³-hybridized carbons (Fsp3) is 0.125. The number of carbonyl (C=O) groups excluding carboxylic acids is 1. The standard InChI is InChI=1S/C16H13ClN4O2S/c1-10-5-6-12(11(17)8-10)19-14(22)9-24-16-21-20-15(23-16)13-4-2-3-7-18-13/h2-8H,9H2,1H3,(H,19,22). The summed E-state index contributed by atoms with van der Waals surface area (Å²) in [4.78, 5) is 16.1. The van der Waals surface area contributed by atoms with Crippen LogP contribution in [0.5, 0.6) is 0 Å². The van der Waals surface area contributed by atoms with E-state index < -0.39 is 0 Å². The summed E-state index contributed by atoms with van der Waals surface area (Å²) in [5, 5.41) is 11.4. The third-order valence-electron chi connectivity index (χ3n) is 3.02. The monoisotopic (exact) mass is 360 g/mol. The van der Waals surface area contributed by atoms with Crippen molar-refractivity contribution < 1.29 is 9.21 Å². The highest BCUT2D eigenvalue weighted by atomic mass is 35.5. The number of hydrogen-bond donors (Lipinski definition) is 1. The van der Waals surface area contributed by atoms with Crippen LogP contribution >= 0.6 is 23.4 Å². The number of aryl methyl sites for hydroxylation is 1. The molecule has 1 aromatic carbocycles. The van der Waals surface area contributed by atoms with Crippen LogP contribution in [0.25, 0.3) is 11.6 Å². The molecule has 0 spiro atoms. The Morgan fingerprint density at radius 2 is 2.17 bits per heavy atom. The van der Waals surface area contributed by atoms with Crippen LogP contribution in [0.4, 0.5) is 5.69 Å². The Bertz CT molecular complexity index is 854. The van der Waals surface area contributed by atoms with E-state index in [1.54, 1.807) is 30.5 Å². The van der Waals surface area contributed by atoms with Crippen LogP contribution < -0.4 is 5.32 Å². The minimum atomic E-state index is -0.205. The number of aromatic nitrogens is 3. The van der Waals surface area contributed by atoms with Crippen LogP contribution in [-0.2, 0) is 4.79 Å². The minimum absolute atomic E-state index is 0.133. The molecule has 0 bridgehead atoms. The molecule has 0 radical (unpaired) electrons. The van der Waals surface area contributed by atoms with Crippen molar-refractivity contribution in [2.75, 3.05) is 11.1 Å². The van der Waals surface area contributed by atoms with E-state index >= 15 is 0 Å². The number of thioether (sulfide) groups is 1. The van der Waals surface area contributed by atoms with E-state index in [0.29, 0.717) is 27.5 Å². The number of benzene rings is 1. The zero-order valence-electron chi connectivity index (χ0n) is 12.7. The molecular formula is C16H13ClN4O2S. The Morgan fingerprint density at radius 1 is 1.29 bits per heavy atom. The Kier molecular flexibility index (Phi) is 5.12. The van der Waals surface area contributed by atoms with E-state index in [0.717, 1.165) is 17.3 Å². The van der Waals surface area contributed by atoms with Gasteiger partial charge in [-0.05, 0) is 36.8 Å². The lowest BCUT2D eigenvalue weighted by Crippen LogP contribution is -2.14. The molecule has 0 aliphatic carbocycles. The normalized spacial score (nSPS) is 10.6. The van der Waals surface area contributed by atoms with Crippen molar-refractivity contribution in [2.24, 2.45) is 0 Å². The lowest BCUT2D eigenvalue weighted by molar-refractivity contribution is -0.113. The maximum atomic E-state index is 12.0. The van der Waals surface area contributed by atoms with Crippen LogP contribution in [0.1, 0.15) is 5.56 Å². The number of carbonyl (C=O) groups is 1. The number of nitrogens with zero attached hydrogens (tertiary/aromatic N) is 3. The molecule has 0 aliphatic rings. The maximum Gasteiger partial charge on any atom is 0.277 e. The minimum Gasteiger partial charge on any atom is -0.410 e. The van der Waals surface area contributed by atoms with Crippen molar-refractivity contribution in [3.05, 3.63) is 53.2 Å². The first-order chi connectivity index (χ1) is 11.6. The summed E-state index contributed by atoms with van der Waals surface area (Å²) in [6.45, 7) is 1.93. The van der Waals surface area contributed by atoms with E-state index in [-0.39, 0.29) is 11.7 Å². The molecule has 6 nitrogen and oxygen atoms in total. The summed E-state index contributed by atoms with van der Waals surface area (Å²) >= 11 is 7.24. The third kappa shape index (κ3) is 4.12. The van der Waals surface area contributed by atoms with E-state index in [1.807, 2.05) is 19.1 Å². The van der Waals surface area contributed by atoms with Crippen LogP contribution in [-0.4, -0.2) is 26.8 Å². The molecule has 1 amide bonds. The maximum absolute atomic E-state index is 12.0. The van der Waals surface area contributed by atoms with Gasteiger partial charge in [-0.2, -0.15) is 0 Å². The van der Waals surface area contributed by atoms with E-state index in [2.05, 4.69) is 20.5 Å². The van der Waals surface area contributed by atoms with Gasteiger partial charge in [-0.3, -0.25) is 9.78 Å². The molecule has 3 rings (SSSR count). The first-order valence-corrected chi connectivity index (χ1v) is 8.42. The molecule has 0 fully saturated rings. The lowest BCUT2D eigenvalue weighted by atomic mass is 10.2. The highest BCUT2D eigenvalue weighted by Crippen LogP contribution is 2.24. The van der Waals surface area contributed by atoms with Crippen LogP contribution in [0, 0.1) is 6.92 Å². The molecule has 24 heavy (non-hydrogen) atoms. The average molecular weight is 361 g/mol. The third-order valence-corrected chi connectivity index (χ3v) is 4.15. The van der Waals surface area contributed by atoms with Gasteiger partial charge >= 0.3 is 0 Å². The van der Waals surface area contributed by atoms with Gasteiger partial charge in [0.1, 0.15) is 5.69 Å². The smallest absolute Gasteiger partial charge is 0.277 e. The predicted octanol–water partition coefficient (Wildman–Crippen LogP) is 3.82. The second-order valence-corrected chi connectivity index (χ2v) is 6.24. The van der Waals surface area contributed by atoms with Crippen LogP contribution in [0.15, 0.2) is 52.2 Å². The number of nitrogens with one attached hydrogen (secondary N) is 1. The highest BCUT2D eigenvalue weighted by molar-refractivity contribution is 7.99. The van der Waals surface area contributed by atoms with Gasteiger partial charge < -0.3 is 9.73 Å². The van der Waals surface area contributed by atoms with Crippen LogP contribution in [0.3, 0.4) is 0 Å². The largest absolute Gasteiger partial charge is 0.410 e. The Labute approximate surface area is 147 Å². The number of anilines is 1. The Morgan fingerprint density at radius 3 is 2.92 bits per heavy atom. The molecular weight excluding hydrogens is 348 g/mol. The highest BCUT2D eigenvalue weighted by Gasteiger charge is 2.12. The zero-order chi connectivity index (χ0) is 16.9. The number of hydrogen-bond acceptors (Lipinski definition) is 6. The van der Waals surface area contributed by atoms with Gasteiger partial charge in [0.2, 0.25) is 5.91 Å². The molecule has 2 heterocycles. The SMILES string of the molecule is Cc1ccc(NC(=O)CSc2nnc(-c3ccccn3)o2)c(Cl)c1. The van der Waals surface area contributed by atoms with Crippen molar-refractivity contribution in [1.82, 2.24) is 15.2 Å². The summed E-state index contributed by atoms with van der Waals surface area (Å²) in [6.07, 6.45) is 1.64. The van der Waals surface area contributed by atoms with Crippen LogP contribution in [0.2, 0.25) is 5.02 Å². The molecule has 0 atom stereocenters. The molecule has 2 aromatic heterocycles. The van der Waals surface area contributed by atoms with Gasteiger partial charge in [0.05, 0.1) is 16.5 Å². The van der Waals surface area contributed by atoms with Gasteiger partial charge in [-0.1, -0.05) is 35.5 Å². The molecule has 0 saturated heterocycles. The summed E-state index contributed by atoms with van der Waals surface area (Å²) < 4.78 is 5.48. The molecule has 8 heteroatoms. The van der Waals surface area contributed by atoms with Gasteiger partial charge in [-0.25, -0.2) is 0 Å². The first-order valence-electron chi connectivity index (χ1n) is 7.05. The number of rotatable bonds is 5. The summed E-state index contributed by atoms with van der Waals surface area (Å²) in [5.74, 6) is 0.247. The fourth-order valence-corrected chi connectivity index (χ4v) is 2.74.